The Balaban J connectivity index is 2.76. The van der Waals surface area contributed by atoms with Crippen molar-refractivity contribution >= 4 is 17.5 Å². The average molecular weight is 292 g/mol. The summed E-state index contributed by atoms with van der Waals surface area (Å²) in [6.07, 6.45) is 0.506. The molecule has 2 amide bonds. The van der Waals surface area contributed by atoms with Gasteiger partial charge in [-0.2, -0.15) is 0 Å². The van der Waals surface area contributed by atoms with Gasteiger partial charge in [-0.05, 0) is 31.5 Å². The Labute approximate surface area is 125 Å². The van der Waals surface area contributed by atoms with Crippen molar-refractivity contribution in [2.75, 3.05) is 11.9 Å². The fourth-order valence-corrected chi connectivity index (χ4v) is 1.63. The van der Waals surface area contributed by atoms with Crippen LogP contribution in [0, 0.1) is 5.41 Å². The molecule has 1 rings (SSSR count). The Morgan fingerprint density at radius 2 is 1.95 bits per heavy atom. The molecule has 5 nitrogen and oxygen atoms in total. The molecule has 0 aliphatic rings. The first-order chi connectivity index (χ1) is 9.74. The second-order valence-corrected chi connectivity index (χ2v) is 6.17. The number of carbonyl (C=O) groups excluding carboxylic acids is 2. The maximum Gasteiger partial charge on any atom is 0.251 e. The number of aliphatic hydroxyl groups is 1. The van der Waals surface area contributed by atoms with Crippen molar-refractivity contribution in [2.45, 2.75) is 40.2 Å². The van der Waals surface area contributed by atoms with Crippen molar-refractivity contribution in [3.63, 3.8) is 0 Å². The van der Waals surface area contributed by atoms with E-state index in [0.29, 0.717) is 17.7 Å². The van der Waals surface area contributed by atoms with Crippen LogP contribution in [0.4, 0.5) is 5.69 Å². The van der Waals surface area contributed by atoms with Gasteiger partial charge in [-0.3, -0.25) is 9.59 Å². The highest BCUT2D eigenvalue weighted by Gasteiger charge is 2.21. The second-order valence-electron chi connectivity index (χ2n) is 6.17. The SMILES string of the molecule is CC(CCO)NC(=O)c1cccc(NC(=O)C(C)(C)C)c1. The van der Waals surface area contributed by atoms with E-state index in [1.807, 2.05) is 27.7 Å². The van der Waals surface area contributed by atoms with E-state index in [2.05, 4.69) is 10.6 Å². The zero-order valence-corrected chi connectivity index (χ0v) is 13.1. The molecule has 0 aliphatic heterocycles. The van der Waals surface area contributed by atoms with Crippen LogP contribution in [0.2, 0.25) is 0 Å². The summed E-state index contributed by atoms with van der Waals surface area (Å²) >= 11 is 0. The summed E-state index contributed by atoms with van der Waals surface area (Å²) in [6, 6.07) is 6.70. The summed E-state index contributed by atoms with van der Waals surface area (Å²) in [6.45, 7) is 7.35. The highest BCUT2D eigenvalue weighted by molar-refractivity contribution is 5.98. The predicted molar refractivity (Wildman–Crippen MR) is 83.2 cm³/mol. The normalized spacial score (nSPS) is 12.6. The standard InChI is InChI=1S/C16H24N2O3/c1-11(8-9-19)17-14(20)12-6-5-7-13(10-12)18-15(21)16(2,3)4/h5-7,10-11,19H,8-9H2,1-4H3,(H,17,20)(H,18,21). The molecule has 0 heterocycles. The minimum absolute atomic E-state index is 0.0309. The second kappa shape index (κ2) is 7.22. The summed E-state index contributed by atoms with van der Waals surface area (Å²) < 4.78 is 0. The predicted octanol–water partition coefficient (Wildman–Crippen LogP) is 2.17. The van der Waals surface area contributed by atoms with Crippen molar-refractivity contribution < 1.29 is 14.7 Å². The van der Waals surface area contributed by atoms with Crippen molar-refractivity contribution in [1.82, 2.24) is 5.32 Å². The molecule has 116 valence electrons. The molecule has 1 atom stereocenters. The smallest absolute Gasteiger partial charge is 0.251 e. The van der Waals surface area contributed by atoms with Gasteiger partial charge in [0.1, 0.15) is 0 Å². The highest BCUT2D eigenvalue weighted by atomic mass is 16.3. The van der Waals surface area contributed by atoms with Crippen LogP contribution in [-0.4, -0.2) is 29.6 Å². The van der Waals surface area contributed by atoms with Crippen LogP contribution in [0.1, 0.15) is 44.5 Å². The molecule has 0 bridgehead atoms. The van der Waals surface area contributed by atoms with Gasteiger partial charge in [0.2, 0.25) is 5.91 Å². The minimum Gasteiger partial charge on any atom is -0.396 e. The zero-order valence-electron chi connectivity index (χ0n) is 13.1. The molecule has 1 unspecified atom stereocenters. The molecule has 0 aliphatic carbocycles. The van der Waals surface area contributed by atoms with E-state index < -0.39 is 5.41 Å². The lowest BCUT2D eigenvalue weighted by molar-refractivity contribution is -0.123. The number of aliphatic hydroxyl groups excluding tert-OH is 1. The molecule has 1 aromatic carbocycles. The molecule has 0 aromatic heterocycles. The summed E-state index contributed by atoms with van der Waals surface area (Å²) in [4.78, 5) is 24.0. The van der Waals surface area contributed by atoms with Crippen LogP contribution in [0.15, 0.2) is 24.3 Å². The average Bonchev–Trinajstić information content (AvgIpc) is 2.38. The molecule has 0 saturated carbocycles. The number of amides is 2. The van der Waals surface area contributed by atoms with Crippen LogP contribution in [0.3, 0.4) is 0 Å². The van der Waals surface area contributed by atoms with Gasteiger partial charge in [-0.1, -0.05) is 26.8 Å². The largest absolute Gasteiger partial charge is 0.396 e. The fourth-order valence-electron chi connectivity index (χ4n) is 1.63. The van der Waals surface area contributed by atoms with Crippen molar-refractivity contribution in [3.8, 4) is 0 Å². The Morgan fingerprint density at radius 3 is 2.52 bits per heavy atom. The zero-order chi connectivity index (χ0) is 16.0. The van der Waals surface area contributed by atoms with E-state index in [4.69, 9.17) is 5.11 Å². The highest BCUT2D eigenvalue weighted by Crippen LogP contribution is 2.18. The Bertz CT molecular complexity index is 506. The molecule has 1 aromatic rings. The van der Waals surface area contributed by atoms with Gasteiger partial charge >= 0.3 is 0 Å². The molecular weight excluding hydrogens is 268 g/mol. The third-order valence-corrected chi connectivity index (χ3v) is 3.00. The van der Waals surface area contributed by atoms with Crippen molar-refractivity contribution in [1.29, 1.82) is 0 Å². The first-order valence-electron chi connectivity index (χ1n) is 7.07. The minimum atomic E-state index is -0.492. The summed E-state index contributed by atoms with van der Waals surface area (Å²) in [5.74, 6) is -0.323. The molecule has 0 spiro atoms. The number of carbonyl (C=O) groups is 2. The number of anilines is 1. The lowest BCUT2D eigenvalue weighted by atomic mass is 9.95. The first-order valence-corrected chi connectivity index (χ1v) is 7.07. The van der Waals surface area contributed by atoms with Crippen molar-refractivity contribution in [3.05, 3.63) is 29.8 Å². The van der Waals surface area contributed by atoms with Gasteiger partial charge in [-0.25, -0.2) is 0 Å². The fraction of sp³-hybridized carbons (Fsp3) is 0.500. The van der Waals surface area contributed by atoms with Crippen LogP contribution >= 0.6 is 0 Å². The van der Waals surface area contributed by atoms with E-state index in [1.54, 1.807) is 24.3 Å². The van der Waals surface area contributed by atoms with Gasteiger partial charge in [0, 0.05) is 29.3 Å². The quantitative estimate of drug-likeness (QED) is 0.778. The number of benzene rings is 1. The number of rotatable bonds is 5. The molecule has 0 fully saturated rings. The molecule has 3 N–H and O–H groups in total. The Kier molecular flexibility index (Phi) is 5.90. The molecule has 21 heavy (non-hydrogen) atoms. The van der Waals surface area contributed by atoms with Gasteiger partial charge in [0.15, 0.2) is 0 Å². The van der Waals surface area contributed by atoms with E-state index in [-0.39, 0.29) is 24.5 Å². The van der Waals surface area contributed by atoms with Crippen LogP contribution in [0.25, 0.3) is 0 Å². The van der Waals surface area contributed by atoms with E-state index >= 15 is 0 Å². The van der Waals surface area contributed by atoms with Crippen molar-refractivity contribution in [2.24, 2.45) is 5.41 Å². The van der Waals surface area contributed by atoms with Crippen LogP contribution in [0.5, 0.6) is 0 Å². The van der Waals surface area contributed by atoms with Gasteiger partial charge < -0.3 is 15.7 Å². The van der Waals surface area contributed by atoms with Gasteiger partial charge in [0.25, 0.3) is 5.91 Å². The summed E-state index contributed by atoms with van der Waals surface area (Å²) in [5.41, 5.74) is 0.581. The van der Waals surface area contributed by atoms with E-state index in [9.17, 15) is 9.59 Å². The Morgan fingerprint density at radius 1 is 1.29 bits per heavy atom. The number of hydrogen-bond donors (Lipinski definition) is 3. The van der Waals surface area contributed by atoms with E-state index in [0.717, 1.165) is 0 Å². The molecule has 5 heteroatoms. The number of hydrogen-bond acceptors (Lipinski definition) is 3. The topological polar surface area (TPSA) is 78.4 Å². The first kappa shape index (κ1) is 17.2. The van der Waals surface area contributed by atoms with Gasteiger partial charge in [-0.15, -0.1) is 0 Å². The maximum atomic E-state index is 12.1. The maximum absolute atomic E-state index is 12.1. The van der Waals surface area contributed by atoms with Gasteiger partial charge in [0.05, 0.1) is 0 Å². The molecular formula is C16H24N2O3. The third kappa shape index (κ3) is 5.55. The Hall–Kier alpha value is -1.88. The lowest BCUT2D eigenvalue weighted by Gasteiger charge is -2.18. The number of nitrogens with one attached hydrogen (secondary N) is 2. The molecule has 0 saturated heterocycles. The summed E-state index contributed by atoms with van der Waals surface area (Å²) in [5, 5.41) is 14.4. The van der Waals surface area contributed by atoms with Crippen LogP contribution < -0.4 is 10.6 Å². The monoisotopic (exact) mass is 292 g/mol. The molecule has 0 radical (unpaired) electrons. The third-order valence-electron chi connectivity index (χ3n) is 3.00. The van der Waals surface area contributed by atoms with E-state index in [1.165, 1.54) is 0 Å². The van der Waals surface area contributed by atoms with Crippen LogP contribution in [-0.2, 0) is 4.79 Å². The lowest BCUT2D eigenvalue weighted by Crippen LogP contribution is -2.33. The summed E-state index contributed by atoms with van der Waals surface area (Å²) in [7, 11) is 0.